The number of piperidine rings is 1. The molecule has 4 rings (SSSR count). The Kier molecular flexibility index (Phi) is 5.10. The molecule has 0 radical (unpaired) electrons. The molecular weight excluding hydrogens is 358 g/mol. The minimum Gasteiger partial charge on any atom is -0.497 e. The number of anilines is 1. The third kappa shape index (κ3) is 3.37. The maximum Gasteiger partial charge on any atom is 0.341 e. The molecule has 1 saturated heterocycles. The summed E-state index contributed by atoms with van der Waals surface area (Å²) in [7, 11) is 1.63. The zero-order valence-corrected chi connectivity index (χ0v) is 16.0. The van der Waals surface area contributed by atoms with Crippen LogP contribution in [0.3, 0.4) is 0 Å². The van der Waals surface area contributed by atoms with E-state index in [1.54, 1.807) is 26.6 Å². The minimum atomic E-state index is -0.355. The van der Waals surface area contributed by atoms with Crippen LogP contribution in [0.2, 0.25) is 0 Å². The zero-order valence-electron chi connectivity index (χ0n) is 16.0. The first-order chi connectivity index (χ1) is 13.7. The third-order valence-electron chi connectivity index (χ3n) is 5.17. The van der Waals surface area contributed by atoms with Crippen LogP contribution in [0.15, 0.2) is 30.7 Å². The second-order valence-electron chi connectivity index (χ2n) is 6.76. The summed E-state index contributed by atoms with van der Waals surface area (Å²) in [5.41, 5.74) is 2.17. The SMILES string of the molecule is CCOC(=O)c1cnc2ccc(OC)cc2c1N1CCC(c2ncn[nH]2)CC1. The van der Waals surface area contributed by atoms with Gasteiger partial charge in [-0.05, 0) is 38.0 Å². The van der Waals surface area contributed by atoms with Crippen molar-refractivity contribution in [2.45, 2.75) is 25.7 Å². The lowest BCUT2D eigenvalue weighted by atomic mass is 9.94. The smallest absolute Gasteiger partial charge is 0.341 e. The van der Waals surface area contributed by atoms with Gasteiger partial charge in [0, 0.05) is 30.6 Å². The van der Waals surface area contributed by atoms with Gasteiger partial charge in [0.15, 0.2) is 0 Å². The normalized spacial score (nSPS) is 15.0. The predicted octanol–water partition coefficient (Wildman–Crippen LogP) is 2.92. The fraction of sp³-hybridized carbons (Fsp3) is 0.400. The Hall–Kier alpha value is -3.16. The molecule has 146 valence electrons. The summed E-state index contributed by atoms with van der Waals surface area (Å²) >= 11 is 0. The Labute approximate surface area is 162 Å². The molecule has 0 amide bonds. The fourth-order valence-corrected chi connectivity index (χ4v) is 3.77. The molecule has 0 bridgehead atoms. The van der Waals surface area contributed by atoms with E-state index in [1.165, 1.54) is 0 Å². The molecule has 0 unspecified atom stereocenters. The number of hydrogen-bond donors (Lipinski definition) is 1. The Morgan fingerprint density at radius 1 is 1.29 bits per heavy atom. The van der Waals surface area contributed by atoms with Gasteiger partial charge in [-0.1, -0.05) is 0 Å². The molecular formula is C20H23N5O3. The van der Waals surface area contributed by atoms with Gasteiger partial charge in [-0.25, -0.2) is 9.78 Å². The van der Waals surface area contributed by atoms with Crippen LogP contribution in [0.4, 0.5) is 5.69 Å². The molecule has 3 heterocycles. The first kappa shape index (κ1) is 18.2. The van der Waals surface area contributed by atoms with Gasteiger partial charge < -0.3 is 14.4 Å². The molecule has 2 aromatic heterocycles. The van der Waals surface area contributed by atoms with Crippen LogP contribution in [0, 0.1) is 0 Å². The summed E-state index contributed by atoms with van der Waals surface area (Å²) < 4.78 is 10.7. The highest BCUT2D eigenvalue weighted by Crippen LogP contribution is 2.36. The quantitative estimate of drug-likeness (QED) is 0.679. The Morgan fingerprint density at radius 2 is 2.11 bits per heavy atom. The summed E-state index contributed by atoms with van der Waals surface area (Å²) in [6, 6.07) is 5.72. The lowest BCUT2D eigenvalue weighted by Gasteiger charge is -2.34. The highest BCUT2D eigenvalue weighted by molar-refractivity contribution is 6.05. The largest absolute Gasteiger partial charge is 0.497 e. The summed E-state index contributed by atoms with van der Waals surface area (Å²) in [6.07, 6.45) is 5.00. The van der Waals surface area contributed by atoms with Crippen molar-refractivity contribution in [1.29, 1.82) is 0 Å². The summed E-state index contributed by atoms with van der Waals surface area (Å²) in [5.74, 6) is 1.64. The molecule has 1 N–H and O–H groups in total. The number of methoxy groups -OCH3 is 1. The number of nitrogens with one attached hydrogen (secondary N) is 1. The number of pyridine rings is 1. The maximum atomic E-state index is 12.6. The number of aromatic nitrogens is 4. The van der Waals surface area contributed by atoms with E-state index in [9.17, 15) is 4.79 Å². The summed E-state index contributed by atoms with van der Waals surface area (Å²) in [4.78, 5) is 23.6. The molecule has 0 aliphatic carbocycles. The number of aromatic amines is 1. The van der Waals surface area contributed by atoms with Gasteiger partial charge in [0.25, 0.3) is 0 Å². The van der Waals surface area contributed by atoms with E-state index in [1.807, 2.05) is 18.2 Å². The lowest BCUT2D eigenvalue weighted by Crippen LogP contribution is -2.34. The Balaban J connectivity index is 1.72. The van der Waals surface area contributed by atoms with Crippen molar-refractivity contribution in [1.82, 2.24) is 20.2 Å². The van der Waals surface area contributed by atoms with E-state index < -0.39 is 0 Å². The Bertz CT molecular complexity index is 965. The highest BCUT2D eigenvalue weighted by atomic mass is 16.5. The molecule has 8 nitrogen and oxygen atoms in total. The molecule has 1 fully saturated rings. The average Bonchev–Trinajstić information content (AvgIpc) is 3.27. The molecule has 0 atom stereocenters. The van der Waals surface area contributed by atoms with Gasteiger partial charge in [-0.2, -0.15) is 5.10 Å². The lowest BCUT2D eigenvalue weighted by molar-refractivity contribution is 0.0526. The van der Waals surface area contributed by atoms with E-state index >= 15 is 0 Å². The number of hydrogen-bond acceptors (Lipinski definition) is 7. The van der Waals surface area contributed by atoms with E-state index in [0.717, 1.165) is 54.1 Å². The number of rotatable bonds is 5. The number of ether oxygens (including phenoxy) is 2. The molecule has 0 spiro atoms. The molecule has 3 aromatic rings. The number of carbonyl (C=O) groups is 1. The van der Waals surface area contributed by atoms with Crippen LogP contribution < -0.4 is 9.64 Å². The second kappa shape index (κ2) is 7.84. The predicted molar refractivity (Wildman–Crippen MR) is 105 cm³/mol. The zero-order chi connectivity index (χ0) is 19.5. The topological polar surface area (TPSA) is 93.2 Å². The summed E-state index contributed by atoms with van der Waals surface area (Å²) in [6.45, 7) is 3.72. The van der Waals surface area contributed by atoms with Crippen molar-refractivity contribution >= 4 is 22.6 Å². The van der Waals surface area contributed by atoms with Crippen molar-refractivity contribution < 1.29 is 14.3 Å². The number of benzene rings is 1. The van der Waals surface area contributed by atoms with Crippen LogP contribution in [0.5, 0.6) is 5.75 Å². The van der Waals surface area contributed by atoms with E-state index in [-0.39, 0.29) is 5.97 Å². The van der Waals surface area contributed by atoms with Gasteiger partial charge in [0.05, 0.1) is 24.9 Å². The molecule has 28 heavy (non-hydrogen) atoms. The van der Waals surface area contributed by atoms with Gasteiger partial charge >= 0.3 is 5.97 Å². The molecule has 0 saturated carbocycles. The van der Waals surface area contributed by atoms with Crippen molar-refractivity contribution in [3.63, 3.8) is 0 Å². The number of fused-ring (bicyclic) bond motifs is 1. The fourth-order valence-electron chi connectivity index (χ4n) is 3.77. The van der Waals surface area contributed by atoms with Gasteiger partial charge in [0.2, 0.25) is 0 Å². The minimum absolute atomic E-state index is 0.321. The number of H-pyrrole nitrogens is 1. The van der Waals surface area contributed by atoms with E-state index in [4.69, 9.17) is 9.47 Å². The van der Waals surface area contributed by atoms with Crippen LogP contribution in [0.1, 0.15) is 41.9 Å². The van der Waals surface area contributed by atoms with Crippen LogP contribution in [0.25, 0.3) is 10.9 Å². The molecule has 1 aliphatic heterocycles. The maximum absolute atomic E-state index is 12.6. The van der Waals surface area contributed by atoms with E-state index in [0.29, 0.717) is 18.1 Å². The van der Waals surface area contributed by atoms with Gasteiger partial charge in [-0.3, -0.25) is 10.1 Å². The highest BCUT2D eigenvalue weighted by Gasteiger charge is 2.27. The first-order valence-electron chi connectivity index (χ1n) is 9.45. The Morgan fingerprint density at radius 3 is 2.79 bits per heavy atom. The monoisotopic (exact) mass is 381 g/mol. The van der Waals surface area contributed by atoms with Crippen LogP contribution >= 0.6 is 0 Å². The van der Waals surface area contributed by atoms with Crippen LogP contribution in [-0.4, -0.2) is 52.9 Å². The van der Waals surface area contributed by atoms with Gasteiger partial charge in [0.1, 0.15) is 23.5 Å². The van der Waals surface area contributed by atoms with Gasteiger partial charge in [-0.15, -0.1) is 0 Å². The van der Waals surface area contributed by atoms with Crippen LogP contribution in [-0.2, 0) is 4.74 Å². The third-order valence-corrected chi connectivity index (χ3v) is 5.17. The molecule has 1 aliphatic rings. The summed E-state index contributed by atoms with van der Waals surface area (Å²) in [5, 5.41) is 7.82. The average molecular weight is 381 g/mol. The standard InChI is InChI=1S/C20H23N5O3/c1-3-28-20(26)16-11-21-17-5-4-14(27-2)10-15(17)18(16)25-8-6-13(7-9-25)19-22-12-23-24-19/h4-5,10-13H,3,6-9H2,1-2H3,(H,22,23,24). The molecule has 1 aromatic carbocycles. The number of carbonyl (C=O) groups excluding carboxylic acids is 1. The van der Waals surface area contributed by atoms with Crippen molar-refractivity contribution in [3.8, 4) is 5.75 Å². The van der Waals surface area contributed by atoms with Crippen molar-refractivity contribution in [2.75, 3.05) is 31.7 Å². The first-order valence-corrected chi connectivity index (χ1v) is 9.45. The number of nitrogens with zero attached hydrogens (tertiary/aromatic N) is 4. The molecule has 8 heteroatoms. The van der Waals surface area contributed by atoms with Crippen molar-refractivity contribution in [2.24, 2.45) is 0 Å². The second-order valence-corrected chi connectivity index (χ2v) is 6.76. The van der Waals surface area contributed by atoms with E-state index in [2.05, 4.69) is 25.1 Å². The number of esters is 1. The van der Waals surface area contributed by atoms with Crippen molar-refractivity contribution in [3.05, 3.63) is 42.1 Å².